The van der Waals surface area contributed by atoms with E-state index in [1.54, 1.807) is 12.1 Å². The fourth-order valence-corrected chi connectivity index (χ4v) is 3.11. The van der Waals surface area contributed by atoms with Crippen LogP contribution in [0.4, 0.5) is 0 Å². The Bertz CT molecular complexity index is 557. The fraction of sp³-hybridized carbons (Fsp3) is 0.588. The zero-order valence-corrected chi connectivity index (χ0v) is 16.4. The van der Waals surface area contributed by atoms with Crippen molar-refractivity contribution in [2.75, 3.05) is 39.4 Å². The monoisotopic (exact) mass is 418 g/mol. The molecule has 7 heteroatoms. The summed E-state index contributed by atoms with van der Waals surface area (Å²) in [4.78, 5) is 14.3. The first kappa shape index (κ1) is 19.5. The lowest BCUT2D eigenvalue weighted by Gasteiger charge is -2.33. The molecule has 0 aromatic heterocycles. The first-order chi connectivity index (χ1) is 11.4. The zero-order chi connectivity index (χ0) is 17.5. The van der Waals surface area contributed by atoms with Gasteiger partial charge in [-0.05, 0) is 24.1 Å². The molecule has 1 heterocycles. The molecule has 0 aliphatic carbocycles. The summed E-state index contributed by atoms with van der Waals surface area (Å²) in [5.41, 5.74) is 0. The maximum atomic E-state index is 12.0. The molecule has 134 valence electrons. The van der Waals surface area contributed by atoms with E-state index >= 15 is 0 Å². The van der Waals surface area contributed by atoms with E-state index in [1.807, 2.05) is 6.07 Å². The highest BCUT2D eigenvalue weighted by Gasteiger charge is 2.21. The number of rotatable bonds is 7. The molecule has 1 aromatic rings. The molecule has 1 aromatic carbocycles. The Balaban J connectivity index is 1.72. The first-order valence-electron chi connectivity index (χ1n) is 8.12. The first-order valence-corrected chi connectivity index (χ1v) is 9.29. The molecule has 1 aliphatic heterocycles. The van der Waals surface area contributed by atoms with Crippen LogP contribution < -0.4 is 10.1 Å². The van der Waals surface area contributed by atoms with Gasteiger partial charge in [0.25, 0.3) is 5.91 Å². The second kappa shape index (κ2) is 9.61. The number of hydrogen-bond donors (Lipinski definition) is 1. The number of morpholine rings is 1. The number of nitrogens with zero attached hydrogens (tertiary/aromatic N) is 1. The van der Waals surface area contributed by atoms with Crippen molar-refractivity contribution >= 4 is 33.4 Å². The molecular formula is C17H24BrClN2O3. The standard InChI is InChI=1S/C17H24BrClN2O3/c1-12(2)9-21-5-6-23-14(10-21)8-20-17(22)11-24-16-7-13(18)3-4-15(16)19/h3-4,7,12,14H,5-6,8-11H2,1-2H3,(H,20,22). The summed E-state index contributed by atoms with van der Waals surface area (Å²) in [6.45, 7) is 8.38. The molecular weight excluding hydrogens is 396 g/mol. The van der Waals surface area contributed by atoms with E-state index in [2.05, 4.69) is 40.0 Å². The van der Waals surface area contributed by atoms with Gasteiger partial charge in [-0.25, -0.2) is 0 Å². The van der Waals surface area contributed by atoms with Gasteiger partial charge in [-0.2, -0.15) is 0 Å². The van der Waals surface area contributed by atoms with Gasteiger partial charge in [-0.3, -0.25) is 9.69 Å². The van der Waals surface area contributed by atoms with Gasteiger partial charge >= 0.3 is 0 Å². The van der Waals surface area contributed by atoms with Crippen LogP contribution in [0.25, 0.3) is 0 Å². The molecule has 2 rings (SSSR count). The average Bonchev–Trinajstić information content (AvgIpc) is 2.53. The Hall–Kier alpha value is -0.820. The molecule has 24 heavy (non-hydrogen) atoms. The van der Waals surface area contributed by atoms with Crippen LogP contribution in [0.3, 0.4) is 0 Å². The maximum Gasteiger partial charge on any atom is 0.258 e. The van der Waals surface area contributed by atoms with Gasteiger partial charge in [-0.1, -0.05) is 41.4 Å². The second-order valence-corrected chi connectivity index (χ2v) is 7.64. The maximum absolute atomic E-state index is 12.0. The van der Waals surface area contributed by atoms with E-state index in [4.69, 9.17) is 21.1 Å². The van der Waals surface area contributed by atoms with Crippen molar-refractivity contribution in [3.05, 3.63) is 27.7 Å². The highest BCUT2D eigenvalue weighted by Crippen LogP contribution is 2.27. The van der Waals surface area contributed by atoms with Crippen molar-refractivity contribution in [3.8, 4) is 5.75 Å². The molecule has 0 spiro atoms. The molecule has 1 saturated heterocycles. The number of hydrogen-bond acceptors (Lipinski definition) is 4. The lowest BCUT2D eigenvalue weighted by molar-refractivity contribution is -0.124. The summed E-state index contributed by atoms with van der Waals surface area (Å²) in [5, 5.41) is 3.34. The van der Waals surface area contributed by atoms with Crippen LogP contribution in [0, 0.1) is 5.92 Å². The molecule has 1 N–H and O–H groups in total. The van der Waals surface area contributed by atoms with E-state index < -0.39 is 0 Å². The second-order valence-electron chi connectivity index (χ2n) is 6.31. The van der Waals surface area contributed by atoms with Crippen LogP contribution in [0.1, 0.15) is 13.8 Å². The number of benzene rings is 1. The van der Waals surface area contributed by atoms with Crippen LogP contribution in [-0.4, -0.2) is 56.3 Å². The third kappa shape index (κ3) is 6.59. The number of carbonyl (C=O) groups excluding carboxylic acids is 1. The van der Waals surface area contributed by atoms with Crippen molar-refractivity contribution in [1.82, 2.24) is 10.2 Å². The van der Waals surface area contributed by atoms with E-state index in [0.29, 0.717) is 29.8 Å². The predicted octanol–water partition coefficient (Wildman–Crippen LogP) is 2.95. The Morgan fingerprint density at radius 3 is 3.08 bits per heavy atom. The third-order valence-electron chi connectivity index (χ3n) is 3.63. The number of ether oxygens (including phenoxy) is 2. The lowest BCUT2D eigenvalue weighted by Crippen LogP contribution is -2.48. The number of halogens is 2. The summed E-state index contributed by atoms with van der Waals surface area (Å²) in [6.07, 6.45) is 0.0240. The van der Waals surface area contributed by atoms with E-state index in [9.17, 15) is 4.79 Å². The van der Waals surface area contributed by atoms with Crippen LogP contribution in [0.2, 0.25) is 5.02 Å². The molecule has 5 nitrogen and oxygen atoms in total. The lowest BCUT2D eigenvalue weighted by atomic mass is 10.2. The summed E-state index contributed by atoms with van der Waals surface area (Å²) in [6, 6.07) is 5.28. The van der Waals surface area contributed by atoms with Crippen molar-refractivity contribution < 1.29 is 14.3 Å². The normalized spacial score (nSPS) is 18.6. The van der Waals surface area contributed by atoms with Crippen LogP contribution >= 0.6 is 27.5 Å². The fourth-order valence-electron chi connectivity index (χ4n) is 2.60. The topological polar surface area (TPSA) is 50.8 Å². The minimum absolute atomic E-state index is 0.0240. The minimum atomic E-state index is -0.185. The number of amides is 1. The van der Waals surface area contributed by atoms with Crippen molar-refractivity contribution in [1.29, 1.82) is 0 Å². The van der Waals surface area contributed by atoms with Gasteiger partial charge in [0.15, 0.2) is 6.61 Å². The third-order valence-corrected chi connectivity index (χ3v) is 4.43. The summed E-state index contributed by atoms with van der Waals surface area (Å²) >= 11 is 9.38. The Morgan fingerprint density at radius 2 is 2.33 bits per heavy atom. The van der Waals surface area contributed by atoms with Crippen molar-refractivity contribution in [3.63, 3.8) is 0 Å². The van der Waals surface area contributed by atoms with Crippen molar-refractivity contribution in [2.45, 2.75) is 20.0 Å². The van der Waals surface area contributed by atoms with Crippen molar-refractivity contribution in [2.24, 2.45) is 5.92 Å². The Labute approximate surface area is 156 Å². The molecule has 0 bridgehead atoms. The van der Waals surface area contributed by atoms with Gasteiger partial charge in [0.2, 0.25) is 0 Å². The Morgan fingerprint density at radius 1 is 1.54 bits per heavy atom. The van der Waals surface area contributed by atoms with Gasteiger partial charge in [0.1, 0.15) is 5.75 Å². The number of carbonyl (C=O) groups is 1. The molecule has 1 unspecified atom stereocenters. The van der Waals surface area contributed by atoms with Crippen LogP contribution in [0.15, 0.2) is 22.7 Å². The summed E-state index contributed by atoms with van der Waals surface area (Å²) < 4.78 is 12.0. The molecule has 0 radical (unpaired) electrons. The van der Waals surface area contributed by atoms with E-state index in [1.165, 1.54) is 0 Å². The van der Waals surface area contributed by atoms with Crippen LogP contribution in [-0.2, 0) is 9.53 Å². The van der Waals surface area contributed by atoms with Gasteiger partial charge < -0.3 is 14.8 Å². The van der Waals surface area contributed by atoms with E-state index in [-0.39, 0.29) is 18.6 Å². The average molecular weight is 420 g/mol. The van der Waals surface area contributed by atoms with Gasteiger partial charge in [0.05, 0.1) is 17.7 Å². The molecule has 1 aliphatic rings. The molecule has 1 atom stereocenters. The largest absolute Gasteiger partial charge is 0.482 e. The minimum Gasteiger partial charge on any atom is -0.482 e. The predicted molar refractivity (Wildman–Crippen MR) is 98.7 cm³/mol. The smallest absolute Gasteiger partial charge is 0.258 e. The highest BCUT2D eigenvalue weighted by atomic mass is 79.9. The summed E-state index contributed by atoms with van der Waals surface area (Å²) in [7, 11) is 0. The number of nitrogens with one attached hydrogen (secondary N) is 1. The summed E-state index contributed by atoms with van der Waals surface area (Å²) in [5.74, 6) is 0.926. The molecule has 1 amide bonds. The van der Waals surface area contributed by atoms with E-state index in [0.717, 1.165) is 24.1 Å². The van der Waals surface area contributed by atoms with Gasteiger partial charge in [-0.15, -0.1) is 0 Å². The molecule has 0 saturated carbocycles. The zero-order valence-electron chi connectivity index (χ0n) is 14.1. The molecule has 1 fully saturated rings. The van der Waals surface area contributed by atoms with Crippen LogP contribution in [0.5, 0.6) is 5.75 Å². The SMILES string of the molecule is CC(C)CN1CCOC(CNC(=O)COc2cc(Br)ccc2Cl)C1. The van der Waals surface area contributed by atoms with Gasteiger partial charge in [0, 0.05) is 30.7 Å². The highest BCUT2D eigenvalue weighted by molar-refractivity contribution is 9.10. The Kier molecular flexibility index (Phi) is 7.81. The quantitative estimate of drug-likeness (QED) is 0.738.